The molecule has 2 N–H and O–H groups in total. The molecule has 2 amide bonds. The summed E-state index contributed by atoms with van der Waals surface area (Å²) in [5.74, 6) is 0.486. The molecular weight excluding hydrogens is 256 g/mol. The van der Waals surface area contributed by atoms with Gasteiger partial charge in [0.1, 0.15) is 5.56 Å². The molecule has 0 spiro atoms. The van der Waals surface area contributed by atoms with Gasteiger partial charge in [0.05, 0.1) is 25.8 Å². The number of amides is 2. The van der Waals surface area contributed by atoms with E-state index < -0.39 is 0 Å². The summed E-state index contributed by atoms with van der Waals surface area (Å²) >= 11 is 0. The third kappa shape index (κ3) is 3.26. The first-order valence-corrected chi connectivity index (χ1v) is 6.83. The van der Waals surface area contributed by atoms with Gasteiger partial charge in [-0.15, -0.1) is 0 Å². The summed E-state index contributed by atoms with van der Waals surface area (Å²) in [6, 6.07) is 3.57. The van der Waals surface area contributed by atoms with Crippen LogP contribution >= 0.6 is 0 Å². The number of nitrogens with one attached hydrogen (secondary N) is 2. The quantitative estimate of drug-likeness (QED) is 0.837. The van der Waals surface area contributed by atoms with E-state index in [2.05, 4.69) is 15.2 Å². The smallest absolute Gasteiger partial charge is 0.287 e. The number of nitrogens with zero attached hydrogens (tertiary/aromatic N) is 2. The molecule has 20 heavy (non-hydrogen) atoms. The van der Waals surface area contributed by atoms with Crippen LogP contribution in [0.3, 0.4) is 0 Å². The van der Waals surface area contributed by atoms with E-state index in [1.807, 2.05) is 6.20 Å². The second kappa shape index (κ2) is 6.36. The first-order valence-electron chi connectivity index (χ1n) is 6.83. The van der Waals surface area contributed by atoms with E-state index in [0.29, 0.717) is 5.56 Å². The maximum atomic E-state index is 12.2. The minimum Gasteiger partial charge on any atom is -0.347 e. The first-order chi connectivity index (χ1) is 9.59. The Morgan fingerprint density at radius 3 is 2.70 bits per heavy atom. The molecule has 1 fully saturated rings. The highest BCUT2D eigenvalue weighted by atomic mass is 16.2. The highest BCUT2D eigenvalue weighted by Gasteiger charge is 2.26. The highest BCUT2D eigenvalue weighted by Crippen LogP contribution is 2.19. The van der Waals surface area contributed by atoms with Crippen LogP contribution in [0.4, 0.5) is 5.82 Å². The molecule has 0 saturated carbocycles. The van der Waals surface area contributed by atoms with Crippen molar-refractivity contribution in [2.75, 3.05) is 38.6 Å². The van der Waals surface area contributed by atoms with E-state index in [1.165, 1.54) is 4.90 Å². The average Bonchev–Trinajstić information content (AvgIpc) is 2.98. The van der Waals surface area contributed by atoms with Crippen molar-refractivity contribution in [2.45, 2.75) is 12.8 Å². The zero-order valence-electron chi connectivity index (χ0n) is 12.0. The summed E-state index contributed by atoms with van der Waals surface area (Å²) in [6.07, 6.45) is 4.10. The molecule has 2 rings (SSSR count). The summed E-state index contributed by atoms with van der Waals surface area (Å²) in [5, 5.41) is 2.67. The van der Waals surface area contributed by atoms with Gasteiger partial charge in [-0.3, -0.25) is 14.5 Å². The Bertz CT molecular complexity index is 496. The van der Waals surface area contributed by atoms with Crippen LogP contribution in [-0.4, -0.2) is 50.4 Å². The topological polar surface area (TPSA) is 66.8 Å². The Morgan fingerprint density at radius 2 is 2.05 bits per heavy atom. The highest BCUT2D eigenvalue weighted by molar-refractivity contribution is 5.99. The van der Waals surface area contributed by atoms with E-state index in [-0.39, 0.29) is 18.4 Å². The number of hydrogen-bond donors (Lipinski definition) is 1. The van der Waals surface area contributed by atoms with E-state index in [0.717, 1.165) is 31.7 Å². The minimum absolute atomic E-state index is 0.0141. The van der Waals surface area contributed by atoms with Gasteiger partial charge in [-0.05, 0) is 25.0 Å². The summed E-state index contributed by atoms with van der Waals surface area (Å²) in [5.41, 5.74) is 0.584. The molecule has 0 aromatic carbocycles. The Morgan fingerprint density at radius 1 is 1.35 bits per heavy atom. The Balaban J connectivity index is 2.07. The number of pyridine rings is 1. The Kier molecular flexibility index (Phi) is 4.55. The van der Waals surface area contributed by atoms with Crippen molar-refractivity contribution in [3.05, 3.63) is 23.9 Å². The van der Waals surface area contributed by atoms with Crippen LogP contribution < -0.4 is 15.2 Å². The Labute approximate surface area is 118 Å². The normalized spacial score (nSPS) is 14.2. The molecule has 0 atom stereocenters. The molecule has 2 heterocycles. The molecule has 0 radical (unpaired) electrons. The van der Waals surface area contributed by atoms with E-state index in [1.54, 1.807) is 26.2 Å². The molecule has 0 aliphatic carbocycles. The van der Waals surface area contributed by atoms with E-state index >= 15 is 0 Å². The van der Waals surface area contributed by atoms with Crippen LogP contribution in [0.1, 0.15) is 23.2 Å². The van der Waals surface area contributed by atoms with Gasteiger partial charge < -0.3 is 10.2 Å². The van der Waals surface area contributed by atoms with Gasteiger partial charge in [0.25, 0.3) is 11.7 Å². The summed E-state index contributed by atoms with van der Waals surface area (Å²) in [6.45, 7) is 1.93. The fourth-order valence-electron chi connectivity index (χ4n) is 2.22. The zero-order valence-corrected chi connectivity index (χ0v) is 12.0. The maximum absolute atomic E-state index is 12.2. The number of likely N-dealkylation sites (N-methyl/N-ethyl adjacent to an activating group) is 1. The number of carbonyl (C=O) groups excluding carboxylic acids is 2. The van der Waals surface area contributed by atoms with Crippen LogP contribution in [0, 0.1) is 0 Å². The molecule has 1 aromatic heterocycles. The van der Waals surface area contributed by atoms with Crippen LogP contribution in [0.2, 0.25) is 0 Å². The SMILES string of the molecule is CN(C)C(=O)CNC(=O)c1ccc[nH+]c1N1CCCC1. The zero-order chi connectivity index (χ0) is 14.5. The van der Waals surface area contributed by atoms with Gasteiger partial charge in [-0.1, -0.05) is 0 Å². The van der Waals surface area contributed by atoms with Gasteiger partial charge >= 0.3 is 0 Å². The van der Waals surface area contributed by atoms with Crippen molar-refractivity contribution < 1.29 is 14.6 Å². The first kappa shape index (κ1) is 14.3. The van der Waals surface area contributed by atoms with Crippen molar-refractivity contribution in [3.8, 4) is 0 Å². The fourth-order valence-corrected chi connectivity index (χ4v) is 2.22. The van der Waals surface area contributed by atoms with Crippen LogP contribution in [-0.2, 0) is 4.79 Å². The second-order valence-electron chi connectivity index (χ2n) is 5.10. The lowest BCUT2D eigenvalue weighted by Crippen LogP contribution is -2.38. The molecule has 0 unspecified atom stereocenters. The van der Waals surface area contributed by atoms with Gasteiger partial charge in [0.2, 0.25) is 5.91 Å². The van der Waals surface area contributed by atoms with E-state index in [9.17, 15) is 9.59 Å². The molecule has 108 valence electrons. The number of anilines is 1. The predicted octanol–water partition coefficient (Wildman–Crippen LogP) is -0.0811. The van der Waals surface area contributed by atoms with Crippen LogP contribution in [0.5, 0.6) is 0 Å². The summed E-state index contributed by atoms with van der Waals surface area (Å²) < 4.78 is 0. The number of aromatic amines is 1. The van der Waals surface area contributed by atoms with Crippen molar-refractivity contribution in [1.29, 1.82) is 0 Å². The lowest BCUT2D eigenvalue weighted by molar-refractivity contribution is -0.364. The number of aromatic nitrogens is 1. The van der Waals surface area contributed by atoms with Crippen LogP contribution in [0.25, 0.3) is 0 Å². The number of hydrogen-bond acceptors (Lipinski definition) is 3. The number of rotatable bonds is 4. The van der Waals surface area contributed by atoms with Crippen molar-refractivity contribution in [3.63, 3.8) is 0 Å². The number of H-pyrrole nitrogens is 1. The minimum atomic E-state index is -0.223. The average molecular weight is 277 g/mol. The van der Waals surface area contributed by atoms with Gasteiger partial charge in [-0.25, -0.2) is 4.98 Å². The van der Waals surface area contributed by atoms with Crippen molar-refractivity contribution in [2.24, 2.45) is 0 Å². The lowest BCUT2D eigenvalue weighted by atomic mass is 10.2. The molecule has 0 bridgehead atoms. The summed E-state index contributed by atoms with van der Waals surface area (Å²) in [4.78, 5) is 30.5. The third-order valence-corrected chi connectivity index (χ3v) is 3.40. The maximum Gasteiger partial charge on any atom is 0.287 e. The fraction of sp³-hybridized carbons (Fsp3) is 0.500. The molecule has 1 aliphatic rings. The molecule has 1 aromatic rings. The molecular formula is C14H21N4O2+. The lowest BCUT2D eigenvalue weighted by Gasteiger charge is -2.13. The number of carbonyl (C=O) groups is 2. The molecule has 1 saturated heterocycles. The molecule has 6 nitrogen and oxygen atoms in total. The third-order valence-electron chi connectivity index (χ3n) is 3.40. The predicted molar refractivity (Wildman–Crippen MR) is 75.5 cm³/mol. The van der Waals surface area contributed by atoms with Gasteiger partial charge in [0, 0.05) is 14.1 Å². The van der Waals surface area contributed by atoms with Gasteiger partial charge in [0.15, 0.2) is 0 Å². The van der Waals surface area contributed by atoms with E-state index in [4.69, 9.17) is 0 Å². The molecule has 6 heteroatoms. The van der Waals surface area contributed by atoms with Crippen molar-refractivity contribution in [1.82, 2.24) is 10.2 Å². The second-order valence-corrected chi connectivity index (χ2v) is 5.10. The Hall–Kier alpha value is -2.11. The standard InChI is InChI=1S/C14H20N4O2/c1-17(2)12(19)10-16-14(20)11-6-5-7-15-13(11)18-8-3-4-9-18/h5-7H,3-4,8-10H2,1-2H3,(H,16,20)/p+1. The summed E-state index contributed by atoms with van der Waals surface area (Å²) in [7, 11) is 3.33. The molecule has 1 aliphatic heterocycles. The van der Waals surface area contributed by atoms with Crippen LogP contribution in [0.15, 0.2) is 18.3 Å². The largest absolute Gasteiger partial charge is 0.347 e. The van der Waals surface area contributed by atoms with Gasteiger partial charge in [-0.2, -0.15) is 0 Å². The van der Waals surface area contributed by atoms with Crippen molar-refractivity contribution >= 4 is 17.6 Å². The monoisotopic (exact) mass is 277 g/mol.